The molecule has 0 spiro atoms. The highest BCUT2D eigenvalue weighted by Gasteiger charge is 2.23. The molecule has 1 aliphatic rings. The first kappa shape index (κ1) is 9.86. The van der Waals surface area contributed by atoms with Gasteiger partial charge in [-0.1, -0.05) is 31.2 Å². The molecule has 1 aliphatic carbocycles. The van der Waals surface area contributed by atoms with Crippen LogP contribution in [0, 0.1) is 6.92 Å². The lowest BCUT2D eigenvalue weighted by Gasteiger charge is -2.10. The second kappa shape index (κ2) is 3.60. The molecular weight excluding hydrogens is 212 g/mol. The Balaban J connectivity index is 2.12. The van der Waals surface area contributed by atoms with Gasteiger partial charge in [-0.2, -0.15) is 0 Å². The number of rotatable bonds is 1. The molecule has 0 radical (unpaired) electrons. The SMILES string of the molecule is Cc1ccsc1C1=Cc2ccccc2C1C. The van der Waals surface area contributed by atoms with Gasteiger partial charge in [0.15, 0.2) is 0 Å². The number of thiophene rings is 1. The van der Waals surface area contributed by atoms with Crippen LogP contribution in [0.5, 0.6) is 0 Å². The minimum absolute atomic E-state index is 0.536. The van der Waals surface area contributed by atoms with E-state index >= 15 is 0 Å². The summed E-state index contributed by atoms with van der Waals surface area (Å²) in [6.07, 6.45) is 2.35. The second-order valence-electron chi connectivity index (χ2n) is 4.38. The molecule has 2 aromatic rings. The van der Waals surface area contributed by atoms with Crippen LogP contribution in [-0.2, 0) is 0 Å². The molecule has 16 heavy (non-hydrogen) atoms. The Bertz CT molecular complexity index is 560. The molecule has 80 valence electrons. The fourth-order valence-corrected chi connectivity index (χ4v) is 3.46. The highest BCUT2D eigenvalue weighted by molar-refractivity contribution is 7.11. The van der Waals surface area contributed by atoms with E-state index in [1.165, 1.54) is 27.1 Å². The zero-order chi connectivity index (χ0) is 11.1. The summed E-state index contributed by atoms with van der Waals surface area (Å²) in [6, 6.07) is 10.9. The zero-order valence-electron chi connectivity index (χ0n) is 9.53. The van der Waals surface area contributed by atoms with Crippen molar-refractivity contribution in [3.63, 3.8) is 0 Å². The molecule has 0 aliphatic heterocycles. The van der Waals surface area contributed by atoms with Crippen LogP contribution in [0.1, 0.15) is 34.4 Å². The molecule has 0 saturated carbocycles. The molecule has 0 nitrogen and oxygen atoms in total. The normalized spacial score (nSPS) is 18.4. The summed E-state index contributed by atoms with van der Waals surface area (Å²) in [4.78, 5) is 1.45. The number of hydrogen-bond donors (Lipinski definition) is 0. The molecule has 1 atom stereocenters. The molecule has 0 bridgehead atoms. The molecule has 1 aromatic carbocycles. The lowest BCUT2D eigenvalue weighted by Crippen LogP contribution is -1.92. The quantitative estimate of drug-likeness (QED) is 0.660. The van der Waals surface area contributed by atoms with Gasteiger partial charge < -0.3 is 0 Å². The maximum absolute atomic E-state index is 2.35. The first-order valence-corrected chi connectivity index (χ1v) is 6.50. The molecule has 0 N–H and O–H groups in total. The van der Waals surface area contributed by atoms with E-state index in [0.29, 0.717) is 5.92 Å². The largest absolute Gasteiger partial charge is 0.144 e. The minimum Gasteiger partial charge on any atom is -0.144 e. The summed E-state index contributed by atoms with van der Waals surface area (Å²) < 4.78 is 0. The smallest absolute Gasteiger partial charge is 0.0337 e. The van der Waals surface area contributed by atoms with E-state index < -0.39 is 0 Å². The molecule has 3 rings (SSSR count). The van der Waals surface area contributed by atoms with E-state index in [2.05, 4.69) is 55.6 Å². The molecule has 1 heterocycles. The lowest BCUT2D eigenvalue weighted by atomic mass is 9.96. The van der Waals surface area contributed by atoms with Crippen molar-refractivity contribution in [1.29, 1.82) is 0 Å². The number of hydrogen-bond acceptors (Lipinski definition) is 1. The van der Waals surface area contributed by atoms with Crippen molar-refractivity contribution in [3.05, 3.63) is 57.3 Å². The zero-order valence-corrected chi connectivity index (χ0v) is 10.3. The Labute approximate surface area is 100 Å². The Morgan fingerprint density at radius 1 is 1.12 bits per heavy atom. The van der Waals surface area contributed by atoms with Crippen LogP contribution in [0.4, 0.5) is 0 Å². The average molecular weight is 226 g/mol. The Kier molecular flexibility index (Phi) is 2.22. The third-order valence-corrected chi connectivity index (χ3v) is 4.43. The van der Waals surface area contributed by atoms with E-state index in [9.17, 15) is 0 Å². The third-order valence-electron chi connectivity index (χ3n) is 3.36. The van der Waals surface area contributed by atoms with Gasteiger partial charge in [-0.15, -0.1) is 11.3 Å². The summed E-state index contributed by atoms with van der Waals surface area (Å²) >= 11 is 1.85. The molecule has 0 fully saturated rings. The van der Waals surface area contributed by atoms with E-state index in [1.54, 1.807) is 0 Å². The topological polar surface area (TPSA) is 0 Å². The highest BCUT2D eigenvalue weighted by atomic mass is 32.1. The van der Waals surface area contributed by atoms with Gasteiger partial charge in [-0.25, -0.2) is 0 Å². The summed E-state index contributed by atoms with van der Waals surface area (Å²) in [6.45, 7) is 4.50. The summed E-state index contributed by atoms with van der Waals surface area (Å²) in [5.74, 6) is 0.536. The first-order valence-electron chi connectivity index (χ1n) is 5.62. The van der Waals surface area contributed by atoms with Crippen LogP contribution in [0.15, 0.2) is 35.7 Å². The van der Waals surface area contributed by atoms with Crippen LogP contribution >= 0.6 is 11.3 Å². The van der Waals surface area contributed by atoms with Crippen LogP contribution in [0.2, 0.25) is 0 Å². The minimum atomic E-state index is 0.536. The molecule has 0 saturated heterocycles. The van der Waals surface area contributed by atoms with Crippen LogP contribution < -0.4 is 0 Å². The molecule has 1 aromatic heterocycles. The van der Waals surface area contributed by atoms with Crippen LogP contribution in [0.3, 0.4) is 0 Å². The van der Waals surface area contributed by atoms with Crippen molar-refractivity contribution < 1.29 is 0 Å². The molecular formula is C15H14S. The standard InChI is InChI=1S/C15H14S/c1-10-7-8-16-15(10)14-9-12-5-3-4-6-13(12)11(14)2/h3-9,11H,1-2H3. The van der Waals surface area contributed by atoms with Gasteiger partial charge in [0.1, 0.15) is 0 Å². The fourth-order valence-electron chi connectivity index (χ4n) is 2.43. The average Bonchev–Trinajstić information content (AvgIpc) is 2.84. The van der Waals surface area contributed by atoms with Gasteiger partial charge in [-0.05, 0) is 46.7 Å². The summed E-state index contributed by atoms with van der Waals surface area (Å²) in [5, 5.41) is 2.18. The summed E-state index contributed by atoms with van der Waals surface area (Å²) in [5.41, 5.74) is 5.73. The van der Waals surface area contributed by atoms with Crippen LogP contribution in [-0.4, -0.2) is 0 Å². The molecule has 0 amide bonds. The number of benzene rings is 1. The van der Waals surface area contributed by atoms with Crippen molar-refractivity contribution >= 4 is 23.0 Å². The Morgan fingerprint density at radius 2 is 1.94 bits per heavy atom. The van der Waals surface area contributed by atoms with Gasteiger partial charge in [-0.3, -0.25) is 0 Å². The van der Waals surface area contributed by atoms with Crippen molar-refractivity contribution in [3.8, 4) is 0 Å². The number of fused-ring (bicyclic) bond motifs is 1. The van der Waals surface area contributed by atoms with Crippen molar-refractivity contribution in [1.82, 2.24) is 0 Å². The van der Waals surface area contributed by atoms with E-state index in [0.717, 1.165) is 0 Å². The number of aryl methyl sites for hydroxylation is 1. The van der Waals surface area contributed by atoms with Gasteiger partial charge in [0.25, 0.3) is 0 Å². The van der Waals surface area contributed by atoms with Crippen LogP contribution in [0.25, 0.3) is 11.6 Å². The second-order valence-corrected chi connectivity index (χ2v) is 5.30. The monoisotopic (exact) mass is 226 g/mol. The maximum atomic E-state index is 2.35. The summed E-state index contributed by atoms with van der Waals surface area (Å²) in [7, 11) is 0. The first-order chi connectivity index (χ1) is 7.77. The predicted octanol–water partition coefficient (Wildman–Crippen LogP) is 4.71. The van der Waals surface area contributed by atoms with Gasteiger partial charge in [0.05, 0.1) is 0 Å². The van der Waals surface area contributed by atoms with Gasteiger partial charge in [0, 0.05) is 10.8 Å². The predicted molar refractivity (Wildman–Crippen MR) is 71.8 cm³/mol. The third kappa shape index (κ3) is 1.35. The Hall–Kier alpha value is -1.34. The lowest BCUT2D eigenvalue weighted by molar-refractivity contribution is 1.01. The Morgan fingerprint density at radius 3 is 2.62 bits per heavy atom. The van der Waals surface area contributed by atoms with E-state index in [1.807, 2.05) is 11.3 Å². The van der Waals surface area contributed by atoms with Gasteiger partial charge in [0.2, 0.25) is 0 Å². The van der Waals surface area contributed by atoms with Gasteiger partial charge >= 0.3 is 0 Å². The van der Waals surface area contributed by atoms with Crippen molar-refractivity contribution in [2.24, 2.45) is 0 Å². The van der Waals surface area contributed by atoms with E-state index in [4.69, 9.17) is 0 Å². The highest BCUT2D eigenvalue weighted by Crippen LogP contribution is 2.43. The van der Waals surface area contributed by atoms with E-state index in [-0.39, 0.29) is 0 Å². The van der Waals surface area contributed by atoms with Crippen molar-refractivity contribution in [2.75, 3.05) is 0 Å². The number of allylic oxidation sites excluding steroid dienone is 1. The maximum Gasteiger partial charge on any atom is 0.0337 e. The van der Waals surface area contributed by atoms with Crippen molar-refractivity contribution in [2.45, 2.75) is 19.8 Å². The molecule has 1 unspecified atom stereocenters. The fraction of sp³-hybridized carbons (Fsp3) is 0.200. The molecule has 1 heteroatoms.